The van der Waals surface area contributed by atoms with Crippen LogP contribution in [0.4, 0.5) is 0 Å². The summed E-state index contributed by atoms with van der Waals surface area (Å²) in [4.78, 5) is 0. The van der Waals surface area contributed by atoms with Crippen LogP contribution in [-0.2, 0) is 6.42 Å². The average Bonchev–Trinajstić information content (AvgIpc) is 2.09. The summed E-state index contributed by atoms with van der Waals surface area (Å²) in [6.45, 7) is 3.95. The summed E-state index contributed by atoms with van der Waals surface area (Å²) in [5.41, 5.74) is 2.03. The molecule has 12 heavy (non-hydrogen) atoms. The number of rotatable bonds is 2. The number of methoxy groups -OCH3 is 1. The highest BCUT2D eigenvalue weighted by Gasteiger charge is 2.04. The number of hydrogen-bond donors (Lipinski definition) is 1. The standard InChI is InChI=1S/C10H14O2/c1-4-8-5-7(2)9(11)6-10(8)12-3/h5-6,11H,4H2,1-3H3. The number of phenols is 1. The first-order valence-corrected chi connectivity index (χ1v) is 4.05. The lowest BCUT2D eigenvalue weighted by Crippen LogP contribution is -1.91. The van der Waals surface area contributed by atoms with E-state index in [1.54, 1.807) is 13.2 Å². The highest BCUT2D eigenvalue weighted by Crippen LogP contribution is 2.27. The molecule has 0 amide bonds. The summed E-state index contributed by atoms with van der Waals surface area (Å²) in [5, 5.41) is 9.37. The van der Waals surface area contributed by atoms with Gasteiger partial charge in [-0.3, -0.25) is 0 Å². The van der Waals surface area contributed by atoms with Gasteiger partial charge in [-0.15, -0.1) is 0 Å². The minimum Gasteiger partial charge on any atom is -0.508 e. The average molecular weight is 166 g/mol. The van der Waals surface area contributed by atoms with E-state index in [1.807, 2.05) is 13.0 Å². The van der Waals surface area contributed by atoms with Crippen molar-refractivity contribution in [3.8, 4) is 11.5 Å². The second kappa shape index (κ2) is 3.48. The topological polar surface area (TPSA) is 29.5 Å². The van der Waals surface area contributed by atoms with E-state index in [0.717, 1.165) is 23.3 Å². The predicted molar refractivity (Wildman–Crippen MR) is 48.8 cm³/mol. The van der Waals surface area contributed by atoms with Crippen LogP contribution in [0.5, 0.6) is 11.5 Å². The van der Waals surface area contributed by atoms with E-state index in [1.165, 1.54) is 0 Å². The van der Waals surface area contributed by atoms with E-state index in [9.17, 15) is 5.11 Å². The van der Waals surface area contributed by atoms with Gasteiger partial charge in [-0.1, -0.05) is 6.92 Å². The molecule has 0 radical (unpaired) electrons. The summed E-state index contributed by atoms with van der Waals surface area (Å²) < 4.78 is 5.11. The molecule has 0 spiro atoms. The molecule has 1 rings (SSSR count). The van der Waals surface area contributed by atoms with Crippen molar-refractivity contribution in [1.82, 2.24) is 0 Å². The second-order valence-corrected chi connectivity index (χ2v) is 2.80. The van der Waals surface area contributed by atoms with Crippen molar-refractivity contribution in [3.05, 3.63) is 23.3 Å². The molecular formula is C10H14O2. The molecule has 2 heteroatoms. The molecule has 0 aromatic heterocycles. The minimum absolute atomic E-state index is 0.295. The molecule has 0 aliphatic carbocycles. The van der Waals surface area contributed by atoms with Crippen molar-refractivity contribution < 1.29 is 9.84 Å². The maximum Gasteiger partial charge on any atom is 0.125 e. The van der Waals surface area contributed by atoms with E-state index in [2.05, 4.69) is 6.92 Å². The van der Waals surface area contributed by atoms with Crippen molar-refractivity contribution in [1.29, 1.82) is 0 Å². The van der Waals surface area contributed by atoms with E-state index in [-0.39, 0.29) is 0 Å². The Bertz CT molecular complexity index is 250. The molecule has 2 nitrogen and oxygen atoms in total. The normalized spacial score (nSPS) is 9.92. The summed E-state index contributed by atoms with van der Waals surface area (Å²) in [6, 6.07) is 3.61. The van der Waals surface area contributed by atoms with Gasteiger partial charge in [-0.05, 0) is 30.5 Å². The Morgan fingerprint density at radius 3 is 2.58 bits per heavy atom. The van der Waals surface area contributed by atoms with Gasteiger partial charge in [0.25, 0.3) is 0 Å². The third-order valence-corrected chi connectivity index (χ3v) is 1.98. The van der Waals surface area contributed by atoms with Crippen LogP contribution in [0, 0.1) is 6.92 Å². The summed E-state index contributed by atoms with van der Waals surface area (Å²) >= 11 is 0. The third-order valence-electron chi connectivity index (χ3n) is 1.98. The highest BCUT2D eigenvalue weighted by atomic mass is 16.5. The zero-order chi connectivity index (χ0) is 9.14. The first-order valence-electron chi connectivity index (χ1n) is 4.05. The first kappa shape index (κ1) is 8.91. The zero-order valence-electron chi connectivity index (χ0n) is 7.72. The maximum atomic E-state index is 9.37. The van der Waals surface area contributed by atoms with E-state index in [0.29, 0.717) is 5.75 Å². The molecule has 0 heterocycles. The molecule has 1 aromatic rings. The number of benzene rings is 1. The van der Waals surface area contributed by atoms with Gasteiger partial charge in [-0.25, -0.2) is 0 Å². The molecular weight excluding hydrogens is 152 g/mol. The maximum absolute atomic E-state index is 9.37. The van der Waals surface area contributed by atoms with Gasteiger partial charge < -0.3 is 9.84 Å². The molecule has 66 valence electrons. The van der Waals surface area contributed by atoms with Crippen molar-refractivity contribution >= 4 is 0 Å². The Balaban J connectivity index is 3.19. The minimum atomic E-state index is 0.295. The van der Waals surface area contributed by atoms with Crippen LogP contribution in [0.25, 0.3) is 0 Å². The zero-order valence-corrected chi connectivity index (χ0v) is 7.72. The van der Waals surface area contributed by atoms with Crippen LogP contribution in [0.1, 0.15) is 18.1 Å². The first-order chi connectivity index (χ1) is 5.69. The number of aryl methyl sites for hydroxylation is 2. The quantitative estimate of drug-likeness (QED) is 0.730. The molecule has 0 fully saturated rings. The fourth-order valence-electron chi connectivity index (χ4n) is 1.20. The molecule has 0 unspecified atom stereocenters. The Labute approximate surface area is 72.8 Å². The van der Waals surface area contributed by atoms with Crippen molar-refractivity contribution in [2.75, 3.05) is 7.11 Å². The van der Waals surface area contributed by atoms with Crippen LogP contribution in [-0.4, -0.2) is 12.2 Å². The molecule has 0 bridgehead atoms. The van der Waals surface area contributed by atoms with Gasteiger partial charge in [0.1, 0.15) is 11.5 Å². The summed E-state index contributed by atoms with van der Waals surface area (Å²) in [6.07, 6.45) is 0.921. The Hall–Kier alpha value is -1.18. The van der Waals surface area contributed by atoms with E-state index < -0.39 is 0 Å². The molecule has 1 N–H and O–H groups in total. The second-order valence-electron chi connectivity index (χ2n) is 2.80. The predicted octanol–water partition coefficient (Wildman–Crippen LogP) is 2.27. The number of phenolic OH excluding ortho intramolecular Hbond substituents is 1. The number of aromatic hydroxyl groups is 1. The lowest BCUT2D eigenvalue weighted by molar-refractivity contribution is 0.402. The van der Waals surface area contributed by atoms with Gasteiger partial charge >= 0.3 is 0 Å². The lowest BCUT2D eigenvalue weighted by Gasteiger charge is -2.08. The molecule has 0 saturated carbocycles. The number of hydrogen-bond acceptors (Lipinski definition) is 2. The Kier molecular flexibility index (Phi) is 2.58. The number of ether oxygens (including phenoxy) is 1. The Morgan fingerprint density at radius 2 is 2.08 bits per heavy atom. The van der Waals surface area contributed by atoms with Gasteiger partial charge in [0.15, 0.2) is 0 Å². The third kappa shape index (κ3) is 1.52. The fourth-order valence-corrected chi connectivity index (χ4v) is 1.20. The Morgan fingerprint density at radius 1 is 1.42 bits per heavy atom. The lowest BCUT2D eigenvalue weighted by atomic mass is 10.1. The van der Waals surface area contributed by atoms with Crippen LogP contribution in [0.15, 0.2) is 12.1 Å². The van der Waals surface area contributed by atoms with Crippen LogP contribution in [0.3, 0.4) is 0 Å². The van der Waals surface area contributed by atoms with E-state index >= 15 is 0 Å². The molecule has 0 aliphatic heterocycles. The smallest absolute Gasteiger partial charge is 0.125 e. The largest absolute Gasteiger partial charge is 0.508 e. The summed E-state index contributed by atoms with van der Waals surface area (Å²) in [7, 11) is 1.61. The molecule has 1 aromatic carbocycles. The summed E-state index contributed by atoms with van der Waals surface area (Å²) in [5.74, 6) is 1.06. The highest BCUT2D eigenvalue weighted by molar-refractivity contribution is 5.45. The van der Waals surface area contributed by atoms with Crippen LogP contribution in [0.2, 0.25) is 0 Å². The van der Waals surface area contributed by atoms with Crippen molar-refractivity contribution in [2.24, 2.45) is 0 Å². The molecule has 0 saturated heterocycles. The van der Waals surface area contributed by atoms with Gasteiger partial charge in [-0.2, -0.15) is 0 Å². The van der Waals surface area contributed by atoms with Crippen molar-refractivity contribution in [2.45, 2.75) is 20.3 Å². The molecule has 0 atom stereocenters. The van der Waals surface area contributed by atoms with Gasteiger partial charge in [0, 0.05) is 6.07 Å². The van der Waals surface area contributed by atoms with Crippen LogP contribution < -0.4 is 4.74 Å². The fraction of sp³-hybridized carbons (Fsp3) is 0.400. The molecule has 0 aliphatic rings. The SMILES string of the molecule is CCc1cc(C)c(O)cc1OC. The van der Waals surface area contributed by atoms with Crippen LogP contribution >= 0.6 is 0 Å². The monoisotopic (exact) mass is 166 g/mol. The van der Waals surface area contributed by atoms with Crippen molar-refractivity contribution in [3.63, 3.8) is 0 Å². The van der Waals surface area contributed by atoms with Gasteiger partial charge in [0.05, 0.1) is 7.11 Å². The van der Waals surface area contributed by atoms with E-state index in [4.69, 9.17) is 4.74 Å². The van der Waals surface area contributed by atoms with Gasteiger partial charge in [0.2, 0.25) is 0 Å².